The summed E-state index contributed by atoms with van der Waals surface area (Å²) in [4.78, 5) is 0. The zero-order chi connectivity index (χ0) is 20.8. The lowest BCUT2D eigenvalue weighted by atomic mass is 9.68. The zero-order valence-corrected chi connectivity index (χ0v) is 18.4. The monoisotopic (exact) mass is 420 g/mol. The van der Waals surface area contributed by atoms with Crippen LogP contribution in [-0.4, -0.2) is 0 Å². The van der Waals surface area contributed by atoms with Gasteiger partial charge in [-0.15, -0.1) is 9.24 Å². The number of hydrogen-bond donors (Lipinski definition) is 0. The van der Waals surface area contributed by atoms with E-state index < -0.39 is 0 Å². The van der Waals surface area contributed by atoms with Crippen molar-refractivity contribution in [2.24, 2.45) is 17.8 Å². The van der Waals surface area contributed by atoms with Crippen molar-refractivity contribution in [2.45, 2.75) is 64.2 Å². The van der Waals surface area contributed by atoms with E-state index in [-0.39, 0.29) is 16.7 Å². The molecule has 0 aliphatic heterocycles. The summed E-state index contributed by atoms with van der Waals surface area (Å²) in [6, 6.07) is 5.23. The van der Waals surface area contributed by atoms with Gasteiger partial charge in [-0.05, 0) is 96.9 Å². The van der Waals surface area contributed by atoms with E-state index in [1.807, 2.05) is 6.07 Å². The molecule has 0 radical (unpaired) electrons. The molecule has 1 aromatic carbocycles. The molecule has 158 valence electrons. The summed E-state index contributed by atoms with van der Waals surface area (Å²) in [7, 11) is 2.21. The van der Waals surface area contributed by atoms with Gasteiger partial charge in [0.15, 0.2) is 0 Å². The van der Waals surface area contributed by atoms with Crippen molar-refractivity contribution in [1.82, 2.24) is 0 Å². The maximum atomic E-state index is 14.8. The largest absolute Gasteiger partial charge is 0.216 e. The number of benzene rings is 1. The second-order valence-electron chi connectivity index (χ2n) is 8.87. The first-order chi connectivity index (χ1) is 14.0. The van der Waals surface area contributed by atoms with Crippen LogP contribution in [0.25, 0.3) is 5.57 Å². The molecular weight excluding hydrogens is 388 g/mol. The van der Waals surface area contributed by atoms with Crippen LogP contribution in [0.2, 0.25) is 0 Å². The molecule has 1 aromatic rings. The molecule has 0 aromatic heterocycles. The third-order valence-corrected chi connectivity index (χ3v) is 7.26. The molecule has 29 heavy (non-hydrogen) atoms. The molecule has 2 fully saturated rings. The van der Waals surface area contributed by atoms with Crippen LogP contribution in [0.4, 0.5) is 13.2 Å². The van der Waals surface area contributed by atoms with Gasteiger partial charge in [0.1, 0.15) is 5.82 Å². The van der Waals surface area contributed by atoms with Crippen LogP contribution in [0.5, 0.6) is 0 Å². The van der Waals surface area contributed by atoms with Crippen LogP contribution in [0.1, 0.15) is 75.3 Å². The van der Waals surface area contributed by atoms with Crippen LogP contribution < -0.4 is 0 Å². The molecule has 0 nitrogen and oxygen atoms in total. The maximum absolute atomic E-state index is 14.8. The molecule has 1 unspecified atom stereocenters. The molecular formula is C25H32F3P. The summed E-state index contributed by atoms with van der Waals surface area (Å²) in [6.07, 6.45) is 13.5. The third kappa shape index (κ3) is 5.85. The number of allylic oxidation sites excluding steroid dienone is 4. The normalized spacial score (nSPS) is 29.4. The van der Waals surface area contributed by atoms with Gasteiger partial charge in [0.25, 0.3) is 0 Å². The zero-order valence-electron chi connectivity index (χ0n) is 17.2. The molecule has 2 aliphatic carbocycles. The van der Waals surface area contributed by atoms with Gasteiger partial charge in [-0.3, -0.25) is 0 Å². The first kappa shape index (κ1) is 22.3. The Balaban J connectivity index is 1.67. The fourth-order valence-electron chi connectivity index (χ4n) is 5.20. The van der Waals surface area contributed by atoms with E-state index >= 15 is 0 Å². The van der Waals surface area contributed by atoms with Crippen molar-refractivity contribution in [2.75, 3.05) is 0 Å². The molecule has 1 atom stereocenters. The average Bonchev–Trinajstić information content (AvgIpc) is 2.74. The van der Waals surface area contributed by atoms with E-state index in [0.29, 0.717) is 24.2 Å². The van der Waals surface area contributed by atoms with Crippen molar-refractivity contribution in [3.63, 3.8) is 0 Å². The molecule has 0 saturated heterocycles. The Labute approximate surface area is 175 Å². The Hall–Kier alpha value is -1.34. The standard InChI is InChI=1S/C25H32F3P/c1-17-2-4-18(5-3-17)19-6-8-20(9-7-19)21-10-11-24(25(28)15-21)22(12-13-26)14-23(29)16-27/h10-20H,2-9,29H2,1H3/b13-12+,22-14+,23-16-. The third-order valence-electron chi connectivity index (χ3n) is 6.97. The van der Waals surface area contributed by atoms with Crippen molar-refractivity contribution < 1.29 is 13.2 Å². The lowest BCUT2D eigenvalue weighted by Crippen LogP contribution is -2.24. The minimum Gasteiger partial charge on any atom is -0.216 e. The maximum Gasteiger partial charge on any atom is 0.131 e. The van der Waals surface area contributed by atoms with Gasteiger partial charge in [-0.1, -0.05) is 31.9 Å². The SMILES string of the molecule is CC1CCC(C2CCC(c3ccc(C(/C=C/F)=C/C(P)=C/F)c(F)c3)CC2)CC1. The molecule has 4 heteroatoms. The van der Waals surface area contributed by atoms with Crippen LogP contribution >= 0.6 is 9.24 Å². The minimum absolute atomic E-state index is 0.233. The molecule has 0 amide bonds. The molecule has 0 bridgehead atoms. The van der Waals surface area contributed by atoms with E-state index in [0.717, 1.165) is 42.2 Å². The second kappa shape index (κ2) is 10.6. The van der Waals surface area contributed by atoms with Gasteiger partial charge in [0.05, 0.1) is 12.7 Å². The Kier molecular flexibility index (Phi) is 8.18. The number of rotatable bonds is 5. The summed E-state index contributed by atoms with van der Waals surface area (Å²) >= 11 is 0. The molecule has 0 spiro atoms. The molecule has 0 N–H and O–H groups in total. The van der Waals surface area contributed by atoms with Gasteiger partial charge in [0, 0.05) is 5.56 Å². The van der Waals surface area contributed by atoms with Gasteiger partial charge in [0.2, 0.25) is 0 Å². The lowest BCUT2D eigenvalue weighted by molar-refractivity contribution is 0.165. The van der Waals surface area contributed by atoms with E-state index in [1.54, 1.807) is 12.1 Å². The Morgan fingerprint density at radius 3 is 2.14 bits per heavy atom. The van der Waals surface area contributed by atoms with E-state index in [1.165, 1.54) is 44.6 Å². The van der Waals surface area contributed by atoms with Crippen molar-refractivity contribution in [1.29, 1.82) is 0 Å². The van der Waals surface area contributed by atoms with Gasteiger partial charge >= 0.3 is 0 Å². The van der Waals surface area contributed by atoms with E-state index in [2.05, 4.69) is 16.2 Å². The van der Waals surface area contributed by atoms with E-state index in [9.17, 15) is 13.2 Å². The van der Waals surface area contributed by atoms with Crippen LogP contribution in [0.15, 0.2) is 48.3 Å². The highest BCUT2D eigenvalue weighted by molar-refractivity contribution is 7.22. The highest BCUT2D eigenvalue weighted by Crippen LogP contribution is 2.44. The van der Waals surface area contributed by atoms with Gasteiger partial charge < -0.3 is 0 Å². The molecule has 2 aliphatic rings. The Bertz CT molecular complexity index is 764. The summed E-state index contributed by atoms with van der Waals surface area (Å²) in [5, 5.41) is 0.233. The molecule has 0 heterocycles. The average molecular weight is 420 g/mol. The topological polar surface area (TPSA) is 0 Å². The number of hydrogen-bond acceptors (Lipinski definition) is 0. The number of halogens is 3. The second-order valence-corrected chi connectivity index (χ2v) is 9.54. The fourth-order valence-corrected chi connectivity index (χ4v) is 5.37. The predicted octanol–water partition coefficient (Wildman–Crippen LogP) is 8.48. The minimum atomic E-state index is -0.383. The van der Waals surface area contributed by atoms with Crippen molar-refractivity contribution >= 4 is 14.8 Å². The van der Waals surface area contributed by atoms with Crippen LogP contribution in [-0.2, 0) is 0 Å². The summed E-state index contributed by atoms with van der Waals surface area (Å²) in [5.41, 5.74) is 1.62. The Morgan fingerprint density at radius 1 is 0.966 bits per heavy atom. The first-order valence-electron chi connectivity index (χ1n) is 10.9. The Morgan fingerprint density at radius 2 is 1.59 bits per heavy atom. The summed E-state index contributed by atoms with van der Waals surface area (Å²) in [6.45, 7) is 2.36. The quantitative estimate of drug-likeness (QED) is 0.331. The fraction of sp³-hybridized carbons (Fsp3) is 0.520. The van der Waals surface area contributed by atoms with Crippen molar-refractivity contribution in [3.05, 3.63) is 65.3 Å². The molecule has 3 rings (SSSR count). The van der Waals surface area contributed by atoms with Gasteiger partial charge in [-0.2, -0.15) is 0 Å². The van der Waals surface area contributed by atoms with Gasteiger partial charge in [-0.25, -0.2) is 13.2 Å². The summed E-state index contributed by atoms with van der Waals surface area (Å²) < 4.78 is 40.2. The lowest BCUT2D eigenvalue weighted by Gasteiger charge is -2.37. The summed E-state index contributed by atoms with van der Waals surface area (Å²) in [5.74, 6) is 2.62. The smallest absolute Gasteiger partial charge is 0.131 e. The highest BCUT2D eigenvalue weighted by atomic mass is 31.0. The molecule has 2 saturated carbocycles. The first-order valence-corrected chi connectivity index (χ1v) is 11.4. The highest BCUT2D eigenvalue weighted by Gasteiger charge is 2.30. The van der Waals surface area contributed by atoms with Crippen molar-refractivity contribution in [3.8, 4) is 0 Å². The van der Waals surface area contributed by atoms with E-state index in [4.69, 9.17) is 0 Å². The van der Waals surface area contributed by atoms with Crippen LogP contribution in [0, 0.1) is 23.6 Å². The van der Waals surface area contributed by atoms with Crippen LogP contribution in [0.3, 0.4) is 0 Å². The predicted molar refractivity (Wildman–Crippen MR) is 119 cm³/mol.